The van der Waals surface area contributed by atoms with Crippen LogP contribution in [0.4, 0.5) is 0 Å². The van der Waals surface area contributed by atoms with Crippen LogP contribution < -0.4 is 0 Å². The quantitative estimate of drug-likeness (QED) is 0.847. The first-order chi connectivity index (χ1) is 10.3. The third-order valence-corrected chi connectivity index (χ3v) is 4.65. The van der Waals surface area contributed by atoms with Crippen molar-refractivity contribution in [3.05, 3.63) is 24.2 Å². The first-order valence-electron chi connectivity index (χ1n) is 8.34. The molecule has 3 rings (SSSR count). The van der Waals surface area contributed by atoms with E-state index in [9.17, 15) is 0 Å². The Labute approximate surface area is 127 Å². The van der Waals surface area contributed by atoms with Crippen molar-refractivity contribution < 1.29 is 0 Å². The molecule has 1 aliphatic heterocycles. The van der Waals surface area contributed by atoms with Crippen molar-refractivity contribution in [2.24, 2.45) is 5.92 Å². The zero-order chi connectivity index (χ0) is 14.7. The van der Waals surface area contributed by atoms with Crippen LogP contribution in [0.1, 0.15) is 38.9 Å². The minimum atomic E-state index is 0.766. The summed E-state index contributed by atoms with van der Waals surface area (Å²) < 4.78 is 2.38. The summed E-state index contributed by atoms with van der Waals surface area (Å²) in [6.07, 6.45) is 6.66. The van der Waals surface area contributed by atoms with Gasteiger partial charge in [-0.05, 0) is 56.9 Å². The largest absolute Gasteiger partial charge is 0.312 e. The molecule has 3 heterocycles. The second-order valence-corrected chi connectivity index (χ2v) is 6.11. The van der Waals surface area contributed by atoms with E-state index in [4.69, 9.17) is 4.98 Å². The van der Waals surface area contributed by atoms with Crippen LogP contribution in [0.5, 0.6) is 0 Å². The Bertz CT molecular complexity index is 581. The van der Waals surface area contributed by atoms with Gasteiger partial charge >= 0.3 is 0 Å². The number of hydrogen-bond acceptors (Lipinski definition) is 3. The van der Waals surface area contributed by atoms with E-state index in [0.29, 0.717) is 0 Å². The van der Waals surface area contributed by atoms with E-state index in [-0.39, 0.29) is 0 Å². The fourth-order valence-electron chi connectivity index (χ4n) is 3.36. The molecule has 0 saturated carbocycles. The van der Waals surface area contributed by atoms with Crippen LogP contribution >= 0.6 is 0 Å². The highest BCUT2D eigenvalue weighted by Gasteiger charge is 2.21. The van der Waals surface area contributed by atoms with Gasteiger partial charge in [0.15, 0.2) is 5.65 Å². The van der Waals surface area contributed by atoms with Gasteiger partial charge in [0, 0.05) is 19.2 Å². The molecule has 0 N–H and O–H groups in total. The maximum Gasteiger partial charge on any atom is 0.159 e. The highest BCUT2D eigenvalue weighted by atomic mass is 15.1. The second kappa shape index (κ2) is 6.56. The molecule has 0 unspecified atom stereocenters. The summed E-state index contributed by atoms with van der Waals surface area (Å²) >= 11 is 0. The highest BCUT2D eigenvalue weighted by molar-refractivity contribution is 5.71. The molecule has 0 aliphatic carbocycles. The van der Waals surface area contributed by atoms with Crippen LogP contribution in [-0.2, 0) is 13.0 Å². The lowest BCUT2D eigenvalue weighted by atomic mass is 9.96. The smallest absolute Gasteiger partial charge is 0.159 e. The summed E-state index contributed by atoms with van der Waals surface area (Å²) in [5.41, 5.74) is 2.12. The summed E-state index contributed by atoms with van der Waals surface area (Å²) in [4.78, 5) is 11.9. The molecule has 21 heavy (non-hydrogen) atoms. The van der Waals surface area contributed by atoms with Gasteiger partial charge in [-0.3, -0.25) is 0 Å². The number of imidazole rings is 1. The van der Waals surface area contributed by atoms with Crippen LogP contribution in [0, 0.1) is 5.92 Å². The Kier molecular flexibility index (Phi) is 4.54. The minimum absolute atomic E-state index is 0.766. The Morgan fingerprint density at radius 2 is 2.05 bits per heavy atom. The van der Waals surface area contributed by atoms with E-state index in [2.05, 4.69) is 34.4 Å². The molecule has 0 spiro atoms. The first-order valence-corrected chi connectivity index (χ1v) is 8.34. The molecular formula is C17H26N4. The maximum absolute atomic E-state index is 4.79. The summed E-state index contributed by atoms with van der Waals surface area (Å²) in [5.74, 6) is 1.98. The lowest BCUT2D eigenvalue weighted by Crippen LogP contribution is -2.34. The molecular weight excluding hydrogens is 260 g/mol. The lowest BCUT2D eigenvalue weighted by Gasteiger charge is -2.31. The predicted molar refractivity (Wildman–Crippen MR) is 86.4 cm³/mol. The normalized spacial score (nSPS) is 17.6. The molecule has 1 saturated heterocycles. The predicted octanol–water partition coefficient (Wildman–Crippen LogP) is 3.12. The highest BCUT2D eigenvalue weighted by Crippen LogP contribution is 2.23. The molecule has 2 aromatic rings. The molecule has 1 aliphatic rings. The summed E-state index contributed by atoms with van der Waals surface area (Å²) in [6, 6.07) is 4.06. The van der Waals surface area contributed by atoms with Crippen LogP contribution in [0.25, 0.3) is 11.2 Å². The molecule has 0 aromatic carbocycles. The number of hydrogen-bond donors (Lipinski definition) is 0. The SMILES string of the molecule is CCCc1nc2cccnc2n1CC1CCN(CC)CC1. The van der Waals surface area contributed by atoms with Gasteiger partial charge in [-0.15, -0.1) is 0 Å². The summed E-state index contributed by atoms with van der Waals surface area (Å²) in [7, 11) is 0. The fraction of sp³-hybridized carbons (Fsp3) is 0.647. The van der Waals surface area contributed by atoms with E-state index in [0.717, 1.165) is 36.5 Å². The Morgan fingerprint density at radius 1 is 1.24 bits per heavy atom. The number of rotatable bonds is 5. The molecule has 0 atom stereocenters. The van der Waals surface area contributed by atoms with Crippen molar-refractivity contribution in [1.82, 2.24) is 19.4 Å². The Hall–Kier alpha value is -1.42. The number of likely N-dealkylation sites (tertiary alicyclic amines) is 1. The molecule has 4 nitrogen and oxygen atoms in total. The van der Waals surface area contributed by atoms with Crippen molar-refractivity contribution in [3.8, 4) is 0 Å². The van der Waals surface area contributed by atoms with Gasteiger partial charge in [-0.2, -0.15) is 0 Å². The van der Waals surface area contributed by atoms with E-state index in [1.807, 2.05) is 12.3 Å². The van der Waals surface area contributed by atoms with Crippen LogP contribution in [0.2, 0.25) is 0 Å². The number of fused-ring (bicyclic) bond motifs is 1. The van der Waals surface area contributed by atoms with E-state index in [1.165, 1.54) is 38.3 Å². The Balaban J connectivity index is 1.80. The monoisotopic (exact) mass is 286 g/mol. The Morgan fingerprint density at radius 3 is 2.76 bits per heavy atom. The van der Waals surface area contributed by atoms with Gasteiger partial charge in [0.2, 0.25) is 0 Å². The molecule has 4 heteroatoms. The van der Waals surface area contributed by atoms with Gasteiger partial charge in [-0.1, -0.05) is 13.8 Å². The van der Waals surface area contributed by atoms with E-state index < -0.39 is 0 Å². The molecule has 0 radical (unpaired) electrons. The fourth-order valence-corrected chi connectivity index (χ4v) is 3.36. The molecule has 1 fully saturated rings. The average Bonchev–Trinajstić information content (AvgIpc) is 2.86. The second-order valence-electron chi connectivity index (χ2n) is 6.11. The number of aromatic nitrogens is 3. The zero-order valence-electron chi connectivity index (χ0n) is 13.3. The van der Waals surface area contributed by atoms with Crippen LogP contribution in [-0.4, -0.2) is 39.1 Å². The molecule has 2 aromatic heterocycles. The maximum atomic E-state index is 4.79. The van der Waals surface area contributed by atoms with Crippen molar-refractivity contribution in [1.29, 1.82) is 0 Å². The van der Waals surface area contributed by atoms with Gasteiger partial charge in [0.25, 0.3) is 0 Å². The molecule has 114 valence electrons. The van der Waals surface area contributed by atoms with Crippen LogP contribution in [0.15, 0.2) is 18.3 Å². The lowest BCUT2D eigenvalue weighted by molar-refractivity contribution is 0.181. The average molecular weight is 286 g/mol. The number of pyridine rings is 1. The van der Waals surface area contributed by atoms with Gasteiger partial charge in [0.05, 0.1) is 0 Å². The third-order valence-electron chi connectivity index (χ3n) is 4.65. The summed E-state index contributed by atoms with van der Waals surface area (Å²) in [5, 5.41) is 0. The standard InChI is InChI=1S/C17H26N4/c1-3-6-16-19-15-7-5-10-18-17(15)21(16)13-14-8-11-20(4-2)12-9-14/h5,7,10,14H,3-4,6,8-9,11-13H2,1-2H3. The summed E-state index contributed by atoms with van der Waals surface area (Å²) in [6.45, 7) is 9.22. The van der Waals surface area contributed by atoms with Crippen LogP contribution in [0.3, 0.4) is 0 Å². The third kappa shape index (κ3) is 3.10. The van der Waals surface area contributed by atoms with Gasteiger partial charge < -0.3 is 9.47 Å². The molecule has 0 amide bonds. The van der Waals surface area contributed by atoms with E-state index >= 15 is 0 Å². The number of aryl methyl sites for hydroxylation is 1. The van der Waals surface area contributed by atoms with Gasteiger partial charge in [-0.25, -0.2) is 9.97 Å². The minimum Gasteiger partial charge on any atom is -0.312 e. The number of nitrogens with zero attached hydrogens (tertiary/aromatic N) is 4. The first kappa shape index (κ1) is 14.5. The number of piperidine rings is 1. The van der Waals surface area contributed by atoms with E-state index in [1.54, 1.807) is 0 Å². The zero-order valence-corrected chi connectivity index (χ0v) is 13.3. The van der Waals surface area contributed by atoms with Gasteiger partial charge in [0.1, 0.15) is 11.3 Å². The molecule has 0 bridgehead atoms. The van der Waals surface area contributed by atoms with Crippen molar-refractivity contribution in [2.75, 3.05) is 19.6 Å². The van der Waals surface area contributed by atoms with Crippen molar-refractivity contribution in [3.63, 3.8) is 0 Å². The van der Waals surface area contributed by atoms with Crippen molar-refractivity contribution >= 4 is 11.2 Å². The van der Waals surface area contributed by atoms with Crippen molar-refractivity contribution in [2.45, 2.75) is 46.1 Å². The topological polar surface area (TPSA) is 34.0 Å².